The number of nitrogens with one attached hydrogen (secondary N) is 3. The maximum atomic E-state index is 12.6. The Labute approximate surface area is 183 Å². The second-order valence-corrected chi connectivity index (χ2v) is 8.20. The minimum atomic E-state index is -0.506. The van der Waals surface area contributed by atoms with E-state index in [2.05, 4.69) is 25.8 Å². The van der Waals surface area contributed by atoms with Gasteiger partial charge in [0.25, 0.3) is 5.56 Å². The van der Waals surface area contributed by atoms with E-state index in [0.717, 1.165) is 17.3 Å². The maximum absolute atomic E-state index is 12.6. The molecule has 3 aromatic rings. The Morgan fingerprint density at radius 3 is 2.45 bits per heavy atom. The van der Waals surface area contributed by atoms with Gasteiger partial charge >= 0.3 is 0 Å². The van der Waals surface area contributed by atoms with E-state index in [4.69, 9.17) is 0 Å². The van der Waals surface area contributed by atoms with E-state index >= 15 is 0 Å². The van der Waals surface area contributed by atoms with Gasteiger partial charge in [0.1, 0.15) is 0 Å². The van der Waals surface area contributed by atoms with E-state index in [1.165, 1.54) is 0 Å². The fourth-order valence-electron chi connectivity index (χ4n) is 2.69. The number of rotatable bonds is 7. The van der Waals surface area contributed by atoms with Crippen LogP contribution in [-0.2, 0) is 9.59 Å². The lowest BCUT2D eigenvalue weighted by atomic mass is 10.1. The Morgan fingerprint density at radius 2 is 1.77 bits per heavy atom. The van der Waals surface area contributed by atoms with Crippen molar-refractivity contribution in [2.45, 2.75) is 37.6 Å². The number of benzene rings is 2. The molecule has 1 atom stereocenters. The number of amides is 2. The maximum Gasteiger partial charge on any atom is 0.278 e. The highest BCUT2D eigenvalue weighted by atomic mass is 32.2. The molecule has 9 heteroatoms. The number of carbonyl (C=O) groups excluding carboxylic acids is 2. The minimum Gasteiger partial charge on any atom is -0.325 e. The van der Waals surface area contributed by atoms with Crippen LogP contribution in [0.2, 0.25) is 0 Å². The van der Waals surface area contributed by atoms with Crippen LogP contribution in [0.5, 0.6) is 0 Å². The minimum absolute atomic E-state index is 0.0908. The highest BCUT2D eigenvalue weighted by Crippen LogP contribution is 2.25. The third kappa shape index (κ3) is 5.79. The molecule has 0 fully saturated rings. The average Bonchev–Trinajstić information content (AvgIpc) is 2.76. The monoisotopic (exact) mass is 437 g/mol. The molecule has 0 aliphatic rings. The molecule has 0 saturated carbocycles. The lowest BCUT2D eigenvalue weighted by Crippen LogP contribution is -2.23. The third-order valence-electron chi connectivity index (χ3n) is 4.43. The standard InChI is InChI=1S/C22H23N5O3S/c1-4-18(28)24-17-8-6-5-7-16(17)19-21(30)25-22(27-26-19)31-14(3)20(29)23-15-11-9-13(2)10-12-15/h5-12,14H,4H2,1-3H3,(H,23,29)(H,24,28)(H,25,27,30)/t14-/m0/s1. The molecule has 1 heterocycles. The van der Waals surface area contributed by atoms with E-state index in [-0.39, 0.29) is 22.7 Å². The highest BCUT2D eigenvalue weighted by molar-refractivity contribution is 8.00. The molecule has 0 spiro atoms. The average molecular weight is 438 g/mol. The van der Waals surface area contributed by atoms with Crippen molar-refractivity contribution >= 4 is 35.0 Å². The smallest absolute Gasteiger partial charge is 0.278 e. The molecule has 2 aromatic carbocycles. The van der Waals surface area contributed by atoms with Crippen molar-refractivity contribution in [1.29, 1.82) is 0 Å². The van der Waals surface area contributed by atoms with Gasteiger partial charge in [-0.15, -0.1) is 10.2 Å². The van der Waals surface area contributed by atoms with Crippen molar-refractivity contribution in [2.75, 3.05) is 10.6 Å². The van der Waals surface area contributed by atoms with Crippen LogP contribution in [0, 0.1) is 6.92 Å². The Kier molecular flexibility index (Phi) is 7.19. The molecule has 0 saturated heterocycles. The van der Waals surface area contributed by atoms with Crippen molar-refractivity contribution in [2.24, 2.45) is 0 Å². The number of hydrogen-bond acceptors (Lipinski definition) is 6. The van der Waals surface area contributed by atoms with E-state index in [1.54, 1.807) is 38.1 Å². The van der Waals surface area contributed by atoms with Gasteiger partial charge in [0.15, 0.2) is 10.9 Å². The molecule has 160 valence electrons. The summed E-state index contributed by atoms with van der Waals surface area (Å²) in [5, 5.41) is 13.4. The summed E-state index contributed by atoms with van der Waals surface area (Å²) >= 11 is 1.10. The summed E-state index contributed by atoms with van der Waals surface area (Å²) < 4.78 is 0. The van der Waals surface area contributed by atoms with E-state index in [0.29, 0.717) is 23.4 Å². The van der Waals surface area contributed by atoms with Crippen molar-refractivity contribution in [3.8, 4) is 11.3 Å². The molecular weight excluding hydrogens is 414 g/mol. The molecule has 0 aliphatic heterocycles. The van der Waals surface area contributed by atoms with Gasteiger partial charge in [-0.2, -0.15) is 0 Å². The Bertz CT molecular complexity index is 1140. The van der Waals surface area contributed by atoms with Crippen LogP contribution in [0.3, 0.4) is 0 Å². The fourth-order valence-corrected chi connectivity index (χ4v) is 3.43. The number of aromatic amines is 1. The van der Waals surface area contributed by atoms with Gasteiger partial charge in [-0.05, 0) is 32.0 Å². The zero-order valence-electron chi connectivity index (χ0n) is 17.4. The highest BCUT2D eigenvalue weighted by Gasteiger charge is 2.18. The Hall–Kier alpha value is -3.46. The van der Waals surface area contributed by atoms with Gasteiger partial charge in [-0.3, -0.25) is 19.4 Å². The molecule has 8 nitrogen and oxygen atoms in total. The van der Waals surface area contributed by atoms with Crippen LogP contribution in [0.25, 0.3) is 11.3 Å². The number of aromatic nitrogens is 3. The first-order chi connectivity index (χ1) is 14.9. The number of aryl methyl sites for hydroxylation is 1. The summed E-state index contributed by atoms with van der Waals surface area (Å²) in [6, 6.07) is 14.4. The van der Waals surface area contributed by atoms with Crippen LogP contribution in [0.15, 0.2) is 58.5 Å². The van der Waals surface area contributed by atoms with E-state index < -0.39 is 10.8 Å². The third-order valence-corrected chi connectivity index (χ3v) is 5.41. The number of thioether (sulfide) groups is 1. The summed E-state index contributed by atoms with van der Waals surface area (Å²) in [5.74, 6) is -0.384. The molecule has 0 bridgehead atoms. The summed E-state index contributed by atoms with van der Waals surface area (Å²) in [4.78, 5) is 39.5. The number of para-hydroxylation sites is 1. The Balaban J connectivity index is 1.74. The molecule has 2 amide bonds. The predicted octanol–water partition coefficient (Wildman–Crippen LogP) is 3.61. The van der Waals surface area contributed by atoms with Crippen molar-refractivity contribution in [3.05, 3.63) is 64.4 Å². The van der Waals surface area contributed by atoms with Gasteiger partial charge in [-0.1, -0.05) is 54.6 Å². The van der Waals surface area contributed by atoms with Crippen LogP contribution in [0.4, 0.5) is 11.4 Å². The van der Waals surface area contributed by atoms with Gasteiger partial charge in [0.05, 0.1) is 10.9 Å². The number of anilines is 2. The van der Waals surface area contributed by atoms with Crippen LogP contribution < -0.4 is 16.2 Å². The van der Waals surface area contributed by atoms with Crippen LogP contribution in [0.1, 0.15) is 25.8 Å². The largest absolute Gasteiger partial charge is 0.325 e. The summed E-state index contributed by atoms with van der Waals surface area (Å²) in [7, 11) is 0. The normalized spacial score (nSPS) is 11.6. The lowest BCUT2D eigenvalue weighted by Gasteiger charge is -2.12. The lowest BCUT2D eigenvalue weighted by molar-refractivity contribution is -0.116. The second-order valence-electron chi connectivity index (χ2n) is 6.87. The van der Waals surface area contributed by atoms with E-state index in [1.807, 2.05) is 31.2 Å². The molecule has 3 N–H and O–H groups in total. The summed E-state index contributed by atoms with van der Waals surface area (Å²) in [6.45, 7) is 5.43. The molecule has 3 rings (SSSR count). The predicted molar refractivity (Wildman–Crippen MR) is 122 cm³/mol. The number of nitrogens with zero attached hydrogens (tertiary/aromatic N) is 2. The van der Waals surface area contributed by atoms with Gasteiger partial charge in [0, 0.05) is 17.7 Å². The van der Waals surface area contributed by atoms with Gasteiger partial charge < -0.3 is 10.6 Å². The second kappa shape index (κ2) is 10.0. The zero-order valence-corrected chi connectivity index (χ0v) is 18.2. The molecule has 0 unspecified atom stereocenters. The molecule has 31 heavy (non-hydrogen) atoms. The summed E-state index contributed by atoms with van der Waals surface area (Å²) in [6.07, 6.45) is 0.314. The number of H-pyrrole nitrogens is 1. The quantitative estimate of drug-likeness (QED) is 0.486. The van der Waals surface area contributed by atoms with Crippen LogP contribution in [-0.4, -0.2) is 32.2 Å². The molecule has 0 aliphatic carbocycles. The van der Waals surface area contributed by atoms with Crippen molar-refractivity contribution in [3.63, 3.8) is 0 Å². The zero-order chi connectivity index (χ0) is 22.4. The first kappa shape index (κ1) is 22.2. The first-order valence-electron chi connectivity index (χ1n) is 9.77. The topological polar surface area (TPSA) is 117 Å². The van der Waals surface area contributed by atoms with Crippen molar-refractivity contribution in [1.82, 2.24) is 15.2 Å². The number of carbonyl (C=O) groups is 2. The Morgan fingerprint density at radius 1 is 1.06 bits per heavy atom. The fraction of sp³-hybridized carbons (Fsp3) is 0.227. The SMILES string of the molecule is CCC(=O)Nc1ccccc1-c1nnc(S[C@@H](C)C(=O)Nc2ccc(C)cc2)[nH]c1=O. The molecule has 1 aromatic heterocycles. The first-order valence-corrected chi connectivity index (χ1v) is 10.7. The van der Waals surface area contributed by atoms with Gasteiger partial charge in [0.2, 0.25) is 11.8 Å². The van der Waals surface area contributed by atoms with E-state index in [9.17, 15) is 14.4 Å². The van der Waals surface area contributed by atoms with Gasteiger partial charge in [-0.25, -0.2) is 0 Å². The number of hydrogen-bond donors (Lipinski definition) is 3. The summed E-state index contributed by atoms with van der Waals surface area (Å²) in [5.41, 5.74) is 2.39. The van der Waals surface area contributed by atoms with Crippen molar-refractivity contribution < 1.29 is 9.59 Å². The van der Waals surface area contributed by atoms with Crippen LogP contribution >= 0.6 is 11.8 Å². The molecule has 0 radical (unpaired) electrons. The molecular formula is C22H23N5O3S.